The maximum atomic E-state index is 13.0. The van der Waals surface area contributed by atoms with Gasteiger partial charge in [-0.25, -0.2) is 0 Å². The van der Waals surface area contributed by atoms with Gasteiger partial charge in [0, 0.05) is 24.6 Å². The predicted molar refractivity (Wildman–Crippen MR) is 109 cm³/mol. The summed E-state index contributed by atoms with van der Waals surface area (Å²) < 4.78 is 10.7. The number of carbonyl (C=O) groups is 1. The molecule has 1 fully saturated rings. The molecule has 0 saturated carbocycles. The largest absolute Gasteiger partial charge is 0.497 e. The molecule has 0 N–H and O–H groups in total. The Morgan fingerprint density at radius 2 is 2.04 bits per heavy atom. The minimum Gasteiger partial charge on any atom is -0.497 e. The summed E-state index contributed by atoms with van der Waals surface area (Å²) in [7, 11) is 1.67. The molecule has 2 aromatic carbocycles. The van der Waals surface area contributed by atoms with E-state index in [1.54, 1.807) is 18.9 Å². The van der Waals surface area contributed by atoms with Gasteiger partial charge in [-0.05, 0) is 54.5 Å². The zero-order valence-corrected chi connectivity index (χ0v) is 16.8. The summed E-state index contributed by atoms with van der Waals surface area (Å²) in [6.45, 7) is 2.54. The SMILES string of the molecule is COc1cccc(CCN(Cc2ccc(SC)cc2)C(=O)[C@H]2CCOC2)c1. The summed E-state index contributed by atoms with van der Waals surface area (Å²) in [6, 6.07) is 16.5. The number of hydrogen-bond donors (Lipinski definition) is 0. The van der Waals surface area contributed by atoms with E-state index >= 15 is 0 Å². The molecule has 0 unspecified atom stereocenters. The standard InChI is InChI=1S/C22H27NO3S/c1-25-20-5-3-4-17(14-20)10-12-23(22(24)19-11-13-26-16-19)15-18-6-8-21(27-2)9-7-18/h3-9,14,19H,10-13,15-16H2,1-2H3/t19-/m0/s1. The van der Waals surface area contributed by atoms with Gasteiger partial charge in [-0.2, -0.15) is 0 Å². The highest BCUT2D eigenvalue weighted by Crippen LogP contribution is 2.20. The van der Waals surface area contributed by atoms with Gasteiger partial charge < -0.3 is 14.4 Å². The predicted octanol–water partition coefficient (Wildman–Crippen LogP) is 4.02. The van der Waals surface area contributed by atoms with Crippen LogP contribution < -0.4 is 4.74 Å². The van der Waals surface area contributed by atoms with Crippen LogP contribution >= 0.6 is 11.8 Å². The molecular weight excluding hydrogens is 358 g/mol. The van der Waals surface area contributed by atoms with E-state index in [4.69, 9.17) is 9.47 Å². The summed E-state index contributed by atoms with van der Waals surface area (Å²) in [5, 5.41) is 0. The molecule has 1 aliphatic rings. The van der Waals surface area contributed by atoms with Crippen LogP contribution in [0.5, 0.6) is 5.75 Å². The fourth-order valence-electron chi connectivity index (χ4n) is 3.30. The van der Waals surface area contributed by atoms with E-state index in [0.29, 0.717) is 26.3 Å². The van der Waals surface area contributed by atoms with Gasteiger partial charge in [0.2, 0.25) is 5.91 Å². The second-order valence-electron chi connectivity index (χ2n) is 6.77. The topological polar surface area (TPSA) is 38.8 Å². The molecule has 2 aromatic rings. The Bertz CT molecular complexity index is 741. The number of nitrogens with zero attached hydrogens (tertiary/aromatic N) is 1. The molecule has 0 aromatic heterocycles. The van der Waals surface area contributed by atoms with E-state index < -0.39 is 0 Å². The number of amides is 1. The third-order valence-corrected chi connectivity index (χ3v) is 5.67. The molecule has 0 aliphatic carbocycles. The van der Waals surface area contributed by atoms with Crippen molar-refractivity contribution in [3.63, 3.8) is 0 Å². The van der Waals surface area contributed by atoms with Crippen LogP contribution in [0.1, 0.15) is 17.5 Å². The molecular formula is C22H27NO3S. The van der Waals surface area contributed by atoms with Crippen LogP contribution in [0, 0.1) is 5.92 Å². The number of methoxy groups -OCH3 is 1. The van der Waals surface area contributed by atoms with Gasteiger partial charge in [-0.15, -0.1) is 11.8 Å². The third-order valence-electron chi connectivity index (χ3n) is 4.93. The lowest BCUT2D eigenvalue weighted by molar-refractivity contribution is -0.136. The smallest absolute Gasteiger partial charge is 0.228 e. The molecule has 1 amide bonds. The summed E-state index contributed by atoms with van der Waals surface area (Å²) in [5.41, 5.74) is 2.33. The fourth-order valence-corrected chi connectivity index (χ4v) is 3.71. The molecule has 5 heteroatoms. The van der Waals surface area contributed by atoms with Crippen LogP contribution in [-0.4, -0.2) is 43.9 Å². The van der Waals surface area contributed by atoms with Crippen LogP contribution in [-0.2, 0) is 22.5 Å². The van der Waals surface area contributed by atoms with Crippen molar-refractivity contribution in [3.8, 4) is 5.75 Å². The average Bonchev–Trinajstić information content (AvgIpc) is 3.26. The fraction of sp³-hybridized carbons (Fsp3) is 0.409. The number of carbonyl (C=O) groups excluding carboxylic acids is 1. The Labute approximate surface area is 165 Å². The van der Waals surface area contributed by atoms with Gasteiger partial charge >= 0.3 is 0 Å². The lowest BCUT2D eigenvalue weighted by atomic mass is 10.1. The van der Waals surface area contributed by atoms with Crippen LogP contribution in [0.4, 0.5) is 0 Å². The highest BCUT2D eigenvalue weighted by molar-refractivity contribution is 7.98. The first kappa shape index (κ1) is 19.8. The zero-order valence-electron chi connectivity index (χ0n) is 16.0. The van der Waals surface area contributed by atoms with E-state index in [0.717, 1.165) is 24.2 Å². The molecule has 1 saturated heterocycles. The lowest BCUT2D eigenvalue weighted by Gasteiger charge is -2.25. The van der Waals surface area contributed by atoms with E-state index in [1.165, 1.54) is 10.5 Å². The van der Waals surface area contributed by atoms with Gasteiger partial charge in [0.1, 0.15) is 5.75 Å². The minimum absolute atomic E-state index is 0.0132. The summed E-state index contributed by atoms with van der Waals surface area (Å²) >= 11 is 1.73. The van der Waals surface area contributed by atoms with Crippen molar-refractivity contribution >= 4 is 17.7 Å². The average molecular weight is 386 g/mol. The molecule has 0 radical (unpaired) electrons. The number of hydrogen-bond acceptors (Lipinski definition) is 4. The Morgan fingerprint density at radius 3 is 2.70 bits per heavy atom. The molecule has 1 aliphatic heterocycles. The minimum atomic E-state index is -0.0132. The van der Waals surface area contributed by atoms with Crippen LogP contribution in [0.3, 0.4) is 0 Å². The van der Waals surface area contributed by atoms with Crippen molar-refractivity contribution in [1.29, 1.82) is 0 Å². The van der Waals surface area contributed by atoms with Crippen molar-refractivity contribution in [1.82, 2.24) is 4.90 Å². The normalized spacial score (nSPS) is 16.3. The first-order valence-electron chi connectivity index (χ1n) is 9.32. The quantitative estimate of drug-likeness (QED) is 0.643. The summed E-state index contributed by atoms with van der Waals surface area (Å²) in [6.07, 6.45) is 3.69. The second-order valence-corrected chi connectivity index (χ2v) is 7.65. The molecule has 1 atom stereocenters. The Morgan fingerprint density at radius 1 is 1.22 bits per heavy atom. The van der Waals surface area contributed by atoms with Crippen LogP contribution in [0.15, 0.2) is 53.4 Å². The van der Waals surface area contributed by atoms with Gasteiger partial charge in [0.25, 0.3) is 0 Å². The third kappa shape index (κ3) is 5.50. The van der Waals surface area contributed by atoms with Crippen molar-refractivity contribution in [2.24, 2.45) is 5.92 Å². The van der Waals surface area contributed by atoms with Crippen LogP contribution in [0.2, 0.25) is 0 Å². The lowest BCUT2D eigenvalue weighted by Crippen LogP contribution is -2.37. The van der Waals surface area contributed by atoms with Crippen molar-refractivity contribution < 1.29 is 14.3 Å². The first-order chi connectivity index (χ1) is 13.2. The van der Waals surface area contributed by atoms with Crippen molar-refractivity contribution in [2.45, 2.75) is 24.3 Å². The Kier molecular flexibility index (Phi) is 7.18. The maximum absolute atomic E-state index is 13.0. The zero-order chi connectivity index (χ0) is 19.1. The summed E-state index contributed by atoms with van der Waals surface area (Å²) in [5.74, 6) is 1.03. The number of thioether (sulfide) groups is 1. The molecule has 27 heavy (non-hydrogen) atoms. The first-order valence-corrected chi connectivity index (χ1v) is 10.5. The summed E-state index contributed by atoms with van der Waals surface area (Å²) in [4.78, 5) is 16.2. The van der Waals surface area contributed by atoms with E-state index in [1.807, 2.05) is 23.1 Å². The van der Waals surface area contributed by atoms with Gasteiger partial charge in [-0.1, -0.05) is 24.3 Å². The van der Waals surface area contributed by atoms with E-state index in [-0.39, 0.29) is 11.8 Å². The number of rotatable bonds is 8. The van der Waals surface area contributed by atoms with Gasteiger partial charge in [-0.3, -0.25) is 4.79 Å². The highest BCUT2D eigenvalue weighted by atomic mass is 32.2. The molecule has 144 valence electrons. The number of benzene rings is 2. The van der Waals surface area contributed by atoms with Crippen LogP contribution in [0.25, 0.3) is 0 Å². The van der Waals surface area contributed by atoms with E-state index in [2.05, 4.69) is 36.6 Å². The van der Waals surface area contributed by atoms with Crippen molar-refractivity contribution in [2.75, 3.05) is 33.1 Å². The number of ether oxygens (including phenoxy) is 2. The van der Waals surface area contributed by atoms with Crippen molar-refractivity contribution in [3.05, 3.63) is 59.7 Å². The van der Waals surface area contributed by atoms with Gasteiger partial charge in [0.15, 0.2) is 0 Å². The molecule has 0 bridgehead atoms. The van der Waals surface area contributed by atoms with E-state index in [9.17, 15) is 4.79 Å². The molecule has 3 rings (SSSR count). The molecule has 1 heterocycles. The molecule has 0 spiro atoms. The maximum Gasteiger partial charge on any atom is 0.228 e. The van der Waals surface area contributed by atoms with Gasteiger partial charge in [0.05, 0.1) is 19.6 Å². The Balaban J connectivity index is 1.70. The molecule has 4 nitrogen and oxygen atoms in total. The Hall–Kier alpha value is -1.98. The monoisotopic (exact) mass is 385 g/mol. The second kappa shape index (κ2) is 9.81. The highest BCUT2D eigenvalue weighted by Gasteiger charge is 2.28.